The van der Waals surface area contributed by atoms with Gasteiger partial charge in [-0.3, -0.25) is 9.69 Å². The fourth-order valence-electron chi connectivity index (χ4n) is 4.43. The van der Waals surface area contributed by atoms with E-state index in [4.69, 9.17) is 18.9 Å². The molecular weight excluding hydrogens is 394 g/mol. The van der Waals surface area contributed by atoms with Crippen LogP contribution in [0.2, 0.25) is 0 Å². The number of ether oxygens (including phenoxy) is 4. The molecule has 0 aromatic heterocycles. The van der Waals surface area contributed by atoms with Gasteiger partial charge < -0.3 is 18.9 Å². The minimum absolute atomic E-state index is 0. The number of carbonyl (C=O) groups is 1. The highest BCUT2D eigenvalue weighted by molar-refractivity contribution is 5.85. The molecule has 2 atom stereocenters. The van der Waals surface area contributed by atoms with Gasteiger partial charge in [0.1, 0.15) is 12.3 Å². The van der Waals surface area contributed by atoms with Crippen molar-refractivity contribution in [3.63, 3.8) is 0 Å². The number of benzene rings is 1. The molecule has 1 heterocycles. The van der Waals surface area contributed by atoms with E-state index >= 15 is 0 Å². The van der Waals surface area contributed by atoms with Crippen LogP contribution in [0.4, 0.5) is 0 Å². The van der Waals surface area contributed by atoms with Crippen molar-refractivity contribution in [3.8, 4) is 11.5 Å². The first-order valence-electron chi connectivity index (χ1n) is 10.4. The van der Waals surface area contributed by atoms with Crippen LogP contribution in [-0.4, -0.2) is 56.6 Å². The second-order valence-corrected chi connectivity index (χ2v) is 7.67. The summed E-state index contributed by atoms with van der Waals surface area (Å²) in [6.45, 7) is 2.98. The lowest BCUT2D eigenvalue weighted by atomic mass is 9.94. The number of likely N-dealkylation sites (tertiary alicyclic amines) is 1. The molecule has 2 unspecified atom stereocenters. The second kappa shape index (κ2) is 11.6. The Labute approximate surface area is 180 Å². The second-order valence-electron chi connectivity index (χ2n) is 7.67. The Kier molecular flexibility index (Phi) is 9.53. The maximum absolute atomic E-state index is 11.5. The Hall–Kier alpha value is -1.50. The number of nitrogens with zero attached hydrogens (tertiary/aromatic N) is 1. The van der Waals surface area contributed by atoms with Crippen LogP contribution < -0.4 is 9.47 Å². The van der Waals surface area contributed by atoms with E-state index in [1.807, 2.05) is 18.2 Å². The fourth-order valence-corrected chi connectivity index (χ4v) is 4.43. The van der Waals surface area contributed by atoms with Gasteiger partial charge in [0, 0.05) is 25.9 Å². The molecule has 6 nitrogen and oxygen atoms in total. The monoisotopic (exact) mass is 427 g/mol. The minimum atomic E-state index is -0.232. The van der Waals surface area contributed by atoms with E-state index < -0.39 is 0 Å². The Morgan fingerprint density at radius 2 is 1.79 bits per heavy atom. The molecule has 29 heavy (non-hydrogen) atoms. The van der Waals surface area contributed by atoms with Crippen LogP contribution in [0.3, 0.4) is 0 Å². The normalized spacial score (nSPS) is 22.7. The zero-order chi connectivity index (χ0) is 19.9. The molecule has 0 radical (unpaired) electrons. The van der Waals surface area contributed by atoms with Crippen LogP contribution in [0.25, 0.3) is 0 Å². The molecule has 0 N–H and O–H groups in total. The summed E-state index contributed by atoms with van der Waals surface area (Å²) in [6.07, 6.45) is 7.58. The van der Waals surface area contributed by atoms with Crippen LogP contribution in [0.5, 0.6) is 11.5 Å². The summed E-state index contributed by atoms with van der Waals surface area (Å²) in [5.41, 5.74) is 1.13. The Balaban J connectivity index is 0.00000300. The number of hydrogen-bond acceptors (Lipinski definition) is 6. The first-order valence-corrected chi connectivity index (χ1v) is 10.4. The molecule has 1 saturated carbocycles. The molecule has 2 fully saturated rings. The lowest BCUT2D eigenvalue weighted by molar-refractivity contribution is -0.162. The van der Waals surface area contributed by atoms with Crippen molar-refractivity contribution in [1.82, 2.24) is 4.90 Å². The number of esters is 1. The van der Waals surface area contributed by atoms with Crippen molar-refractivity contribution >= 4 is 18.4 Å². The zero-order valence-electron chi connectivity index (χ0n) is 17.7. The molecule has 0 bridgehead atoms. The summed E-state index contributed by atoms with van der Waals surface area (Å²) < 4.78 is 22.5. The molecule has 1 aromatic carbocycles. The topological polar surface area (TPSA) is 57.2 Å². The van der Waals surface area contributed by atoms with Gasteiger partial charge in [0.05, 0.1) is 20.8 Å². The largest absolute Gasteiger partial charge is 0.493 e. The van der Waals surface area contributed by atoms with Crippen molar-refractivity contribution in [2.45, 2.75) is 70.2 Å². The average molecular weight is 428 g/mol. The highest BCUT2D eigenvalue weighted by Gasteiger charge is 2.40. The van der Waals surface area contributed by atoms with Crippen LogP contribution in [0.1, 0.15) is 51.0 Å². The zero-order valence-corrected chi connectivity index (χ0v) is 18.5. The summed E-state index contributed by atoms with van der Waals surface area (Å²) >= 11 is 0. The average Bonchev–Trinajstić information content (AvgIpc) is 3.10. The number of methoxy groups -OCH3 is 2. The Bertz CT molecular complexity index is 650. The molecule has 1 aliphatic carbocycles. The number of carbonyl (C=O) groups excluding carboxylic acids is 1. The maximum Gasteiger partial charge on any atom is 0.303 e. The van der Waals surface area contributed by atoms with E-state index in [1.54, 1.807) is 14.2 Å². The molecule has 3 rings (SSSR count). The molecule has 0 spiro atoms. The van der Waals surface area contributed by atoms with E-state index in [1.165, 1.54) is 39.0 Å². The summed E-state index contributed by atoms with van der Waals surface area (Å²) in [4.78, 5) is 14.0. The summed E-state index contributed by atoms with van der Waals surface area (Å²) in [7, 11) is 3.28. The lowest BCUT2D eigenvalue weighted by Gasteiger charge is -2.36. The van der Waals surface area contributed by atoms with E-state index in [2.05, 4.69) is 4.90 Å². The predicted molar refractivity (Wildman–Crippen MR) is 114 cm³/mol. The molecule has 1 aliphatic heterocycles. The first kappa shape index (κ1) is 23.8. The fraction of sp³-hybridized carbons (Fsp3) is 0.682. The Morgan fingerprint density at radius 3 is 2.45 bits per heavy atom. The van der Waals surface area contributed by atoms with Gasteiger partial charge in [0.2, 0.25) is 0 Å². The molecule has 2 aliphatic rings. The highest BCUT2D eigenvalue weighted by Crippen LogP contribution is 2.32. The third kappa shape index (κ3) is 6.24. The van der Waals surface area contributed by atoms with Gasteiger partial charge in [0.15, 0.2) is 11.5 Å². The minimum Gasteiger partial charge on any atom is -0.493 e. The molecule has 1 aromatic rings. The van der Waals surface area contributed by atoms with Crippen molar-refractivity contribution in [1.29, 1.82) is 0 Å². The number of halogens is 1. The molecular formula is C22H34ClNO5. The van der Waals surface area contributed by atoms with Crippen LogP contribution in [-0.2, 0) is 20.7 Å². The van der Waals surface area contributed by atoms with Gasteiger partial charge in [-0.2, -0.15) is 0 Å². The van der Waals surface area contributed by atoms with E-state index in [-0.39, 0.29) is 30.7 Å². The quantitative estimate of drug-likeness (QED) is 0.585. The van der Waals surface area contributed by atoms with Gasteiger partial charge in [-0.1, -0.05) is 25.3 Å². The van der Waals surface area contributed by atoms with Gasteiger partial charge in [-0.05, 0) is 37.0 Å². The van der Waals surface area contributed by atoms with Crippen LogP contribution in [0.15, 0.2) is 18.2 Å². The number of rotatable bonds is 8. The van der Waals surface area contributed by atoms with Crippen LogP contribution in [0, 0.1) is 0 Å². The standard InChI is InChI=1S/C22H33NO5.ClH/c1-16(24)28-20-11-13-23(18-7-5-4-6-8-18)22(20)27-14-12-17-9-10-19(25-2)21(15-17)26-3;/h9-10,15,18,20,22H,4-8,11-14H2,1-3H3;1H. The van der Waals surface area contributed by atoms with Gasteiger partial charge in [0.25, 0.3) is 0 Å². The smallest absolute Gasteiger partial charge is 0.303 e. The third-order valence-electron chi connectivity index (χ3n) is 5.81. The Morgan fingerprint density at radius 1 is 1.07 bits per heavy atom. The molecule has 7 heteroatoms. The van der Waals surface area contributed by atoms with Gasteiger partial charge >= 0.3 is 5.97 Å². The first-order chi connectivity index (χ1) is 13.6. The molecule has 164 valence electrons. The summed E-state index contributed by atoms with van der Waals surface area (Å²) in [5, 5.41) is 0. The third-order valence-corrected chi connectivity index (χ3v) is 5.81. The van der Waals surface area contributed by atoms with Crippen molar-refractivity contribution in [3.05, 3.63) is 23.8 Å². The van der Waals surface area contributed by atoms with Crippen LogP contribution >= 0.6 is 12.4 Å². The van der Waals surface area contributed by atoms with Crippen molar-refractivity contribution in [2.75, 3.05) is 27.4 Å². The van der Waals surface area contributed by atoms with E-state index in [9.17, 15) is 4.79 Å². The SMILES string of the molecule is COc1ccc(CCOC2C(OC(C)=O)CCN2C2CCCCC2)cc1OC.Cl. The van der Waals surface area contributed by atoms with Gasteiger partial charge in [-0.15, -0.1) is 12.4 Å². The summed E-state index contributed by atoms with van der Waals surface area (Å²) in [6, 6.07) is 6.47. The van der Waals surface area contributed by atoms with Gasteiger partial charge in [-0.25, -0.2) is 0 Å². The predicted octanol–water partition coefficient (Wildman–Crippen LogP) is 3.98. The van der Waals surface area contributed by atoms with Crippen molar-refractivity contribution in [2.24, 2.45) is 0 Å². The molecule has 1 saturated heterocycles. The van der Waals surface area contributed by atoms with E-state index in [0.29, 0.717) is 12.6 Å². The highest BCUT2D eigenvalue weighted by atomic mass is 35.5. The maximum atomic E-state index is 11.5. The van der Waals surface area contributed by atoms with Crippen molar-refractivity contribution < 1.29 is 23.7 Å². The van der Waals surface area contributed by atoms with E-state index in [0.717, 1.165) is 36.4 Å². The summed E-state index contributed by atoms with van der Waals surface area (Å²) in [5.74, 6) is 1.22. The molecule has 0 amide bonds. The lowest BCUT2D eigenvalue weighted by Crippen LogP contribution is -2.46. The number of hydrogen-bond donors (Lipinski definition) is 0.